The second-order valence-electron chi connectivity index (χ2n) is 3.20. The first kappa shape index (κ1) is 11.2. The van der Waals surface area contributed by atoms with Gasteiger partial charge in [-0.25, -0.2) is 9.97 Å². The molecule has 0 aliphatic heterocycles. The summed E-state index contributed by atoms with van der Waals surface area (Å²) < 4.78 is 0. The fourth-order valence-electron chi connectivity index (χ4n) is 1.37. The predicted molar refractivity (Wildman–Crippen MR) is 69.1 cm³/mol. The van der Waals surface area contributed by atoms with Crippen LogP contribution < -0.4 is 5.32 Å². The Bertz CT molecular complexity index is 580. The van der Waals surface area contributed by atoms with Gasteiger partial charge < -0.3 is 5.32 Å². The summed E-state index contributed by atoms with van der Waals surface area (Å²) in [5.41, 5.74) is 0. The number of rotatable bonds is 2. The maximum Gasteiger partial charge on any atom is 0.225 e. The lowest BCUT2D eigenvalue weighted by atomic mass is 10.3. The molecule has 0 spiro atoms. The highest BCUT2D eigenvalue weighted by atomic mass is 35.5. The van der Waals surface area contributed by atoms with Crippen LogP contribution in [0.2, 0.25) is 5.28 Å². The molecule has 0 amide bonds. The highest BCUT2D eigenvalue weighted by Crippen LogP contribution is 2.29. The molecule has 0 aromatic carbocycles. The molecule has 2 aromatic rings. The van der Waals surface area contributed by atoms with Crippen molar-refractivity contribution >= 4 is 39.0 Å². The third-order valence-electron chi connectivity index (χ3n) is 2.01. The Morgan fingerprint density at radius 2 is 2.31 bits per heavy atom. The van der Waals surface area contributed by atoms with Crippen molar-refractivity contribution in [3.63, 3.8) is 0 Å². The van der Waals surface area contributed by atoms with E-state index in [0.29, 0.717) is 6.54 Å². The van der Waals surface area contributed by atoms with Crippen molar-refractivity contribution in [2.45, 2.75) is 13.8 Å². The molecule has 2 rings (SSSR count). The molecular formula is C11H10ClN3S. The number of nitrogens with one attached hydrogen (secondary N) is 1. The zero-order chi connectivity index (χ0) is 11.5. The first-order valence-electron chi connectivity index (χ1n) is 4.78. The van der Waals surface area contributed by atoms with Gasteiger partial charge in [-0.15, -0.1) is 17.3 Å². The van der Waals surface area contributed by atoms with Crippen molar-refractivity contribution < 1.29 is 0 Å². The minimum absolute atomic E-state index is 0.265. The zero-order valence-corrected chi connectivity index (χ0v) is 10.5. The monoisotopic (exact) mass is 251 g/mol. The van der Waals surface area contributed by atoms with Gasteiger partial charge in [0.25, 0.3) is 0 Å². The lowest BCUT2D eigenvalue weighted by Gasteiger charge is -2.02. The summed E-state index contributed by atoms with van der Waals surface area (Å²) in [6.45, 7) is 4.41. The van der Waals surface area contributed by atoms with Crippen LogP contribution in [0, 0.1) is 18.8 Å². The Hall–Kier alpha value is -1.31. The number of anilines is 1. The largest absolute Gasteiger partial charge is 0.358 e. The first-order valence-corrected chi connectivity index (χ1v) is 5.97. The van der Waals surface area contributed by atoms with Crippen molar-refractivity contribution in [1.29, 1.82) is 0 Å². The van der Waals surface area contributed by atoms with E-state index in [4.69, 9.17) is 11.6 Å². The van der Waals surface area contributed by atoms with Crippen LogP contribution in [0.1, 0.15) is 11.8 Å². The van der Waals surface area contributed by atoms with Gasteiger partial charge in [-0.3, -0.25) is 0 Å². The van der Waals surface area contributed by atoms with E-state index in [1.54, 1.807) is 18.3 Å². The minimum atomic E-state index is 0.265. The van der Waals surface area contributed by atoms with Gasteiger partial charge in [0.05, 0.1) is 11.9 Å². The molecule has 82 valence electrons. The number of fused-ring (bicyclic) bond motifs is 1. The lowest BCUT2D eigenvalue weighted by molar-refractivity contribution is 1.20. The van der Waals surface area contributed by atoms with Gasteiger partial charge in [0.1, 0.15) is 10.6 Å². The zero-order valence-electron chi connectivity index (χ0n) is 8.97. The molecule has 5 heteroatoms. The van der Waals surface area contributed by atoms with Crippen LogP contribution in [0.3, 0.4) is 0 Å². The van der Waals surface area contributed by atoms with Gasteiger partial charge in [-0.1, -0.05) is 5.92 Å². The molecule has 2 heterocycles. The Kier molecular flexibility index (Phi) is 3.28. The van der Waals surface area contributed by atoms with Crippen molar-refractivity contribution in [2.24, 2.45) is 0 Å². The minimum Gasteiger partial charge on any atom is -0.358 e. The molecule has 16 heavy (non-hydrogen) atoms. The molecule has 0 radical (unpaired) electrons. The standard InChI is InChI=1S/C11H10ClN3S/c1-3-4-5-13-9-8-6-7(2)16-10(8)15-11(12)14-9/h6H,5H2,1-2H3,(H,13,14,15). The maximum atomic E-state index is 5.85. The molecule has 0 fully saturated rings. The molecule has 0 atom stereocenters. The SMILES string of the molecule is CC#CCNc1nc(Cl)nc2sc(C)cc12. The van der Waals surface area contributed by atoms with Crippen molar-refractivity contribution in [1.82, 2.24) is 9.97 Å². The van der Waals surface area contributed by atoms with Crippen LogP contribution in [0.15, 0.2) is 6.07 Å². The average Bonchev–Trinajstić information content (AvgIpc) is 2.58. The van der Waals surface area contributed by atoms with Crippen molar-refractivity contribution in [3.05, 3.63) is 16.2 Å². The van der Waals surface area contributed by atoms with Gasteiger partial charge in [0.2, 0.25) is 5.28 Å². The molecule has 0 saturated heterocycles. The van der Waals surface area contributed by atoms with Gasteiger partial charge >= 0.3 is 0 Å². The molecular weight excluding hydrogens is 242 g/mol. The van der Waals surface area contributed by atoms with Crippen LogP contribution in [0.5, 0.6) is 0 Å². The summed E-state index contributed by atoms with van der Waals surface area (Å²) in [7, 11) is 0. The normalized spacial score (nSPS) is 9.94. The third-order valence-corrected chi connectivity index (χ3v) is 3.12. The van der Waals surface area contributed by atoms with E-state index in [2.05, 4.69) is 33.2 Å². The Labute approximate surface area is 103 Å². The summed E-state index contributed by atoms with van der Waals surface area (Å²) >= 11 is 7.46. The molecule has 1 N–H and O–H groups in total. The van der Waals surface area contributed by atoms with Crippen LogP contribution in [-0.2, 0) is 0 Å². The number of aryl methyl sites for hydroxylation is 1. The number of nitrogens with zero attached hydrogens (tertiary/aromatic N) is 2. The smallest absolute Gasteiger partial charge is 0.225 e. The summed E-state index contributed by atoms with van der Waals surface area (Å²) in [5, 5.41) is 4.41. The van der Waals surface area contributed by atoms with E-state index >= 15 is 0 Å². The Morgan fingerprint density at radius 1 is 1.50 bits per heavy atom. The highest BCUT2D eigenvalue weighted by Gasteiger charge is 2.08. The molecule has 2 aromatic heterocycles. The van der Waals surface area contributed by atoms with E-state index in [-0.39, 0.29) is 5.28 Å². The number of hydrogen-bond acceptors (Lipinski definition) is 4. The number of halogens is 1. The molecule has 0 unspecified atom stereocenters. The molecule has 0 aliphatic carbocycles. The Balaban J connectivity index is 2.44. The van der Waals surface area contributed by atoms with Crippen LogP contribution in [-0.4, -0.2) is 16.5 Å². The van der Waals surface area contributed by atoms with E-state index < -0.39 is 0 Å². The number of thiophene rings is 1. The molecule has 0 aliphatic rings. The van der Waals surface area contributed by atoms with E-state index in [0.717, 1.165) is 16.0 Å². The summed E-state index contributed by atoms with van der Waals surface area (Å²) in [5.74, 6) is 6.50. The van der Waals surface area contributed by atoms with Crippen molar-refractivity contribution in [3.8, 4) is 11.8 Å². The predicted octanol–water partition coefficient (Wildman–Crippen LogP) is 3.09. The number of hydrogen-bond donors (Lipinski definition) is 1. The average molecular weight is 252 g/mol. The van der Waals surface area contributed by atoms with Gasteiger partial charge in [0, 0.05) is 4.88 Å². The molecule has 0 saturated carbocycles. The molecule has 0 bridgehead atoms. The second-order valence-corrected chi connectivity index (χ2v) is 4.77. The fourth-order valence-corrected chi connectivity index (χ4v) is 2.47. The lowest BCUT2D eigenvalue weighted by Crippen LogP contribution is -2.02. The third kappa shape index (κ3) is 2.26. The molecule has 3 nitrogen and oxygen atoms in total. The Morgan fingerprint density at radius 3 is 3.06 bits per heavy atom. The van der Waals surface area contributed by atoms with Gasteiger partial charge in [-0.2, -0.15) is 0 Å². The highest BCUT2D eigenvalue weighted by molar-refractivity contribution is 7.18. The van der Waals surface area contributed by atoms with E-state index in [9.17, 15) is 0 Å². The quantitative estimate of drug-likeness (QED) is 0.658. The first-order chi connectivity index (χ1) is 7.70. The van der Waals surface area contributed by atoms with E-state index in [1.807, 2.05) is 6.92 Å². The summed E-state index contributed by atoms with van der Waals surface area (Å²) in [6, 6.07) is 2.05. The van der Waals surface area contributed by atoms with Gasteiger partial charge in [0.15, 0.2) is 0 Å². The van der Waals surface area contributed by atoms with Crippen LogP contribution in [0.4, 0.5) is 5.82 Å². The van der Waals surface area contributed by atoms with Crippen LogP contribution in [0.25, 0.3) is 10.2 Å². The van der Waals surface area contributed by atoms with Crippen LogP contribution >= 0.6 is 22.9 Å². The van der Waals surface area contributed by atoms with E-state index in [1.165, 1.54) is 4.88 Å². The number of aromatic nitrogens is 2. The van der Waals surface area contributed by atoms with Crippen molar-refractivity contribution in [2.75, 3.05) is 11.9 Å². The fraction of sp³-hybridized carbons (Fsp3) is 0.273. The van der Waals surface area contributed by atoms with Gasteiger partial charge in [-0.05, 0) is 31.5 Å². The second kappa shape index (κ2) is 4.69. The summed E-state index contributed by atoms with van der Waals surface area (Å²) in [4.78, 5) is 10.4. The maximum absolute atomic E-state index is 5.85. The summed E-state index contributed by atoms with van der Waals surface area (Å²) in [6.07, 6.45) is 0. The topological polar surface area (TPSA) is 37.8 Å².